The van der Waals surface area contributed by atoms with Crippen LogP contribution in [0.3, 0.4) is 0 Å². The van der Waals surface area contributed by atoms with Crippen LogP contribution in [-0.2, 0) is 6.54 Å². The zero-order chi connectivity index (χ0) is 24.4. The predicted molar refractivity (Wildman–Crippen MR) is 134 cm³/mol. The molecule has 2 heterocycles. The van der Waals surface area contributed by atoms with Gasteiger partial charge in [0.2, 0.25) is 0 Å². The number of hydrogen-bond acceptors (Lipinski definition) is 5. The van der Waals surface area contributed by atoms with Crippen molar-refractivity contribution in [2.75, 3.05) is 13.2 Å². The Bertz CT molecular complexity index is 1350. The maximum absolute atomic E-state index is 13.7. The largest absolute Gasteiger partial charge is 0.508 e. The van der Waals surface area contributed by atoms with Gasteiger partial charge in [0.25, 0.3) is 5.91 Å². The standard InChI is InChI=1S/C28H27N3O4/c1-3-31-26(28(33)29-18(2)19-9-12-22(32)13-10-19)25(30-27(31)20-7-5-4-6-8-20)21-11-14-23-24(17-21)35-16-15-34-23/h4-14,17-18,32H,3,15-16H2,1-2H3,(H,29,33). The summed E-state index contributed by atoms with van der Waals surface area (Å²) in [5.74, 6) is 2.01. The highest BCUT2D eigenvalue weighted by atomic mass is 16.6. The minimum Gasteiger partial charge on any atom is -0.508 e. The summed E-state index contributed by atoms with van der Waals surface area (Å²) < 4.78 is 13.4. The Morgan fingerprint density at radius 2 is 1.71 bits per heavy atom. The van der Waals surface area contributed by atoms with Crippen LogP contribution in [0, 0.1) is 0 Å². The Morgan fingerprint density at radius 3 is 2.43 bits per heavy atom. The van der Waals surface area contributed by atoms with Gasteiger partial charge in [-0.1, -0.05) is 42.5 Å². The molecule has 0 spiro atoms. The molecule has 7 nitrogen and oxygen atoms in total. The summed E-state index contributed by atoms with van der Waals surface area (Å²) in [6.45, 7) is 5.48. The molecule has 5 rings (SSSR count). The fourth-order valence-corrected chi connectivity index (χ4v) is 4.30. The first kappa shape index (κ1) is 22.5. The van der Waals surface area contributed by atoms with Crippen molar-refractivity contribution in [1.82, 2.24) is 14.9 Å². The molecule has 0 fully saturated rings. The number of aromatic hydroxyl groups is 1. The zero-order valence-corrected chi connectivity index (χ0v) is 19.7. The number of fused-ring (bicyclic) bond motifs is 1. The number of carbonyl (C=O) groups is 1. The number of nitrogens with one attached hydrogen (secondary N) is 1. The van der Waals surface area contributed by atoms with Crippen LogP contribution < -0.4 is 14.8 Å². The van der Waals surface area contributed by atoms with Crippen LogP contribution in [0.15, 0.2) is 72.8 Å². The normalized spacial score (nSPS) is 13.3. The van der Waals surface area contributed by atoms with E-state index in [0.717, 1.165) is 22.5 Å². The van der Waals surface area contributed by atoms with E-state index >= 15 is 0 Å². The summed E-state index contributed by atoms with van der Waals surface area (Å²) in [4.78, 5) is 18.7. The predicted octanol–water partition coefficient (Wildman–Crippen LogP) is 5.20. The van der Waals surface area contributed by atoms with Gasteiger partial charge in [-0.05, 0) is 49.7 Å². The number of hydrogen-bond donors (Lipinski definition) is 2. The first-order valence-corrected chi connectivity index (χ1v) is 11.7. The van der Waals surface area contributed by atoms with E-state index in [1.54, 1.807) is 24.3 Å². The highest BCUT2D eigenvalue weighted by Crippen LogP contribution is 2.37. The zero-order valence-electron chi connectivity index (χ0n) is 19.7. The van der Waals surface area contributed by atoms with Crippen molar-refractivity contribution in [2.24, 2.45) is 0 Å². The van der Waals surface area contributed by atoms with E-state index in [1.807, 2.05) is 66.9 Å². The minimum absolute atomic E-state index is 0.185. The van der Waals surface area contributed by atoms with E-state index in [9.17, 15) is 9.90 Å². The molecular weight excluding hydrogens is 442 g/mol. The molecule has 4 aromatic rings. The lowest BCUT2D eigenvalue weighted by atomic mass is 10.1. The Balaban J connectivity index is 1.60. The number of phenolic OH excluding ortho intramolecular Hbond substituents is 1. The molecule has 1 aliphatic rings. The third-order valence-electron chi connectivity index (χ3n) is 6.09. The molecule has 2 N–H and O–H groups in total. The van der Waals surface area contributed by atoms with Gasteiger partial charge in [0.05, 0.1) is 6.04 Å². The SMILES string of the molecule is CCn1c(-c2ccccc2)nc(-c2ccc3c(c2)OCCO3)c1C(=O)NC(C)c1ccc(O)cc1. The summed E-state index contributed by atoms with van der Waals surface area (Å²) >= 11 is 0. The van der Waals surface area contributed by atoms with Gasteiger partial charge in [-0.2, -0.15) is 0 Å². The average molecular weight is 470 g/mol. The molecule has 1 amide bonds. The van der Waals surface area contributed by atoms with Gasteiger partial charge in [0.15, 0.2) is 11.5 Å². The van der Waals surface area contributed by atoms with Gasteiger partial charge in [-0.3, -0.25) is 4.79 Å². The number of amides is 1. The molecule has 7 heteroatoms. The van der Waals surface area contributed by atoms with Crippen molar-refractivity contribution < 1.29 is 19.4 Å². The van der Waals surface area contributed by atoms with Crippen molar-refractivity contribution in [1.29, 1.82) is 0 Å². The van der Waals surface area contributed by atoms with E-state index in [2.05, 4.69) is 5.32 Å². The number of nitrogens with zero attached hydrogens (tertiary/aromatic N) is 2. The van der Waals surface area contributed by atoms with Crippen LogP contribution in [-0.4, -0.2) is 33.8 Å². The first-order valence-electron chi connectivity index (χ1n) is 11.7. The Kier molecular flexibility index (Phi) is 6.14. The van der Waals surface area contributed by atoms with Crippen LogP contribution in [0.2, 0.25) is 0 Å². The number of carbonyl (C=O) groups excluding carboxylic acids is 1. The molecule has 0 aliphatic carbocycles. The Labute approximate surface area is 204 Å². The van der Waals surface area contributed by atoms with Crippen LogP contribution in [0.5, 0.6) is 17.2 Å². The fourth-order valence-electron chi connectivity index (χ4n) is 4.30. The van der Waals surface area contributed by atoms with Gasteiger partial charge in [-0.25, -0.2) is 4.98 Å². The highest BCUT2D eigenvalue weighted by molar-refractivity contribution is 6.00. The maximum atomic E-state index is 13.7. The maximum Gasteiger partial charge on any atom is 0.270 e. The number of phenols is 1. The van der Waals surface area contributed by atoms with E-state index in [0.29, 0.717) is 42.6 Å². The van der Waals surface area contributed by atoms with E-state index in [1.165, 1.54) is 0 Å². The molecule has 1 aliphatic heterocycles. The second kappa shape index (κ2) is 9.54. The van der Waals surface area contributed by atoms with Crippen LogP contribution >= 0.6 is 0 Å². The number of aromatic nitrogens is 2. The van der Waals surface area contributed by atoms with Gasteiger partial charge in [0, 0.05) is 17.7 Å². The Hall–Kier alpha value is -4.26. The third kappa shape index (κ3) is 4.45. The second-order valence-electron chi connectivity index (χ2n) is 8.39. The van der Waals surface area contributed by atoms with Crippen LogP contribution in [0.25, 0.3) is 22.6 Å². The second-order valence-corrected chi connectivity index (χ2v) is 8.39. The number of ether oxygens (including phenoxy) is 2. The molecule has 0 bridgehead atoms. The lowest BCUT2D eigenvalue weighted by molar-refractivity contribution is 0.0931. The number of imidazole rings is 1. The van der Waals surface area contributed by atoms with E-state index in [4.69, 9.17) is 14.5 Å². The van der Waals surface area contributed by atoms with Gasteiger partial charge in [-0.15, -0.1) is 0 Å². The molecule has 3 aromatic carbocycles. The topological polar surface area (TPSA) is 85.6 Å². The smallest absolute Gasteiger partial charge is 0.270 e. The summed E-state index contributed by atoms with van der Waals surface area (Å²) in [5.41, 5.74) is 3.66. The van der Waals surface area contributed by atoms with Gasteiger partial charge >= 0.3 is 0 Å². The average Bonchev–Trinajstić information content (AvgIpc) is 3.29. The quantitative estimate of drug-likeness (QED) is 0.405. The Morgan fingerprint density at radius 1 is 1.00 bits per heavy atom. The van der Waals surface area contributed by atoms with Crippen molar-refractivity contribution in [3.63, 3.8) is 0 Å². The molecule has 1 atom stereocenters. The molecule has 0 radical (unpaired) electrons. The molecule has 0 saturated heterocycles. The third-order valence-corrected chi connectivity index (χ3v) is 6.09. The molecule has 35 heavy (non-hydrogen) atoms. The number of rotatable bonds is 6. The summed E-state index contributed by atoms with van der Waals surface area (Å²) in [6, 6.07) is 22.1. The lowest BCUT2D eigenvalue weighted by Gasteiger charge is -2.19. The molecule has 178 valence electrons. The molecule has 1 aromatic heterocycles. The summed E-state index contributed by atoms with van der Waals surface area (Å²) in [5, 5.41) is 12.7. The minimum atomic E-state index is -0.267. The van der Waals surface area contributed by atoms with Gasteiger partial charge in [0.1, 0.15) is 36.2 Å². The van der Waals surface area contributed by atoms with Crippen molar-refractivity contribution >= 4 is 5.91 Å². The summed E-state index contributed by atoms with van der Waals surface area (Å²) in [6.07, 6.45) is 0. The van der Waals surface area contributed by atoms with Crippen LogP contribution in [0.4, 0.5) is 0 Å². The lowest BCUT2D eigenvalue weighted by Crippen LogP contribution is -2.29. The fraction of sp³-hybridized carbons (Fsp3) is 0.214. The summed E-state index contributed by atoms with van der Waals surface area (Å²) in [7, 11) is 0. The van der Waals surface area contributed by atoms with Crippen LogP contribution in [0.1, 0.15) is 35.9 Å². The van der Waals surface area contributed by atoms with Gasteiger partial charge < -0.3 is 24.5 Å². The molecular formula is C28H27N3O4. The van der Waals surface area contributed by atoms with E-state index < -0.39 is 0 Å². The highest BCUT2D eigenvalue weighted by Gasteiger charge is 2.26. The van der Waals surface area contributed by atoms with Crippen molar-refractivity contribution in [2.45, 2.75) is 26.4 Å². The number of benzene rings is 3. The monoisotopic (exact) mass is 469 g/mol. The molecule has 1 unspecified atom stereocenters. The first-order chi connectivity index (χ1) is 17.0. The van der Waals surface area contributed by atoms with Crippen molar-refractivity contribution in [3.8, 4) is 39.9 Å². The van der Waals surface area contributed by atoms with Crippen molar-refractivity contribution in [3.05, 3.63) is 84.1 Å². The van der Waals surface area contributed by atoms with E-state index in [-0.39, 0.29) is 17.7 Å². The molecule has 0 saturated carbocycles.